The second-order valence-corrected chi connectivity index (χ2v) is 8.28. The zero-order valence-corrected chi connectivity index (χ0v) is 17.1. The number of para-hydroxylation sites is 1. The number of urea groups is 1. The Labute approximate surface area is 163 Å². The summed E-state index contributed by atoms with van der Waals surface area (Å²) in [5.41, 5.74) is 2.03. The van der Waals surface area contributed by atoms with Crippen molar-refractivity contribution in [2.24, 2.45) is 0 Å². The van der Waals surface area contributed by atoms with Crippen LogP contribution in [0.1, 0.15) is 39.7 Å². The van der Waals surface area contributed by atoms with E-state index in [-0.39, 0.29) is 24.3 Å². The number of nitrogens with one attached hydrogen (secondary N) is 2. The Balaban J connectivity index is 1.56. The molecule has 0 aliphatic carbocycles. The fourth-order valence-electron chi connectivity index (χ4n) is 4.15. The molecule has 27 heavy (non-hydrogen) atoms. The zero-order chi connectivity index (χ0) is 19.4. The van der Waals surface area contributed by atoms with Gasteiger partial charge in [0.25, 0.3) is 0 Å². The fourth-order valence-corrected chi connectivity index (χ4v) is 4.15. The second-order valence-electron chi connectivity index (χ2n) is 8.28. The molecule has 2 fully saturated rings. The number of carbonyl (C=O) groups excluding carboxylic acids is 1. The van der Waals surface area contributed by atoms with Gasteiger partial charge in [0.05, 0.1) is 12.2 Å². The van der Waals surface area contributed by atoms with E-state index in [4.69, 9.17) is 4.74 Å². The molecule has 1 aromatic rings. The first-order valence-corrected chi connectivity index (χ1v) is 10.2. The first-order valence-electron chi connectivity index (χ1n) is 10.2. The van der Waals surface area contributed by atoms with Crippen LogP contribution in [0.4, 0.5) is 10.5 Å². The minimum absolute atomic E-state index is 0.109. The zero-order valence-electron chi connectivity index (χ0n) is 17.1. The van der Waals surface area contributed by atoms with Gasteiger partial charge in [0, 0.05) is 50.5 Å². The molecule has 2 amide bonds. The van der Waals surface area contributed by atoms with Gasteiger partial charge in [-0.2, -0.15) is 0 Å². The van der Waals surface area contributed by atoms with Gasteiger partial charge >= 0.3 is 6.03 Å². The Bertz CT molecular complexity index is 626. The summed E-state index contributed by atoms with van der Waals surface area (Å²) in [5, 5.41) is 6.20. The lowest BCUT2D eigenvalue weighted by Gasteiger charge is -2.35. The molecule has 3 rings (SSSR count). The Hall–Kier alpha value is -1.63. The van der Waals surface area contributed by atoms with Crippen LogP contribution >= 0.6 is 0 Å². The van der Waals surface area contributed by atoms with Gasteiger partial charge in [-0.25, -0.2) is 4.79 Å². The van der Waals surface area contributed by atoms with E-state index in [1.807, 2.05) is 18.2 Å². The summed E-state index contributed by atoms with van der Waals surface area (Å²) in [7, 11) is 0. The van der Waals surface area contributed by atoms with Gasteiger partial charge in [0.2, 0.25) is 0 Å². The maximum Gasteiger partial charge on any atom is 0.319 e. The molecule has 0 radical (unpaired) electrons. The normalized spacial score (nSPS) is 27.1. The van der Waals surface area contributed by atoms with E-state index in [0.29, 0.717) is 6.04 Å². The van der Waals surface area contributed by atoms with E-state index in [2.05, 4.69) is 54.2 Å². The Morgan fingerprint density at radius 3 is 2.56 bits per heavy atom. The number of likely N-dealkylation sites (tertiary alicyclic amines) is 1. The molecule has 1 aromatic carbocycles. The standard InChI is InChI=1S/C21H34N4O2/c1-15(2)25-10-9-19(14-25)22-21(26)23-20-8-6-5-7-18(20)13-24-11-16(3)27-17(4)12-24/h5-8,15-17,19H,9-14H2,1-4H3,(H2,22,23,26). The second kappa shape index (κ2) is 9.04. The predicted octanol–water partition coefficient (Wildman–Crippen LogP) is 2.90. The van der Waals surface area contributed by atoms with Gasteiger partial charge in [0.1, 0.15) is 0 Å². The SMILES string of the molecule is CC1CN(Cc2ccccc2NC(=O)NC2CCN(C(C)C)C2)CC(C)O1. The summed E-state index contributed by atoms with van der Waals surface area (Å²) in [4.78, 5) is 17.3. The van der Waals surface area contributed by atoms with Crippen molar-refractivity contribution < 1.29 is 9.53 Å². The van der Waals surface area contributed by atoms with Gasteiger partial charge < -0.3 is 15.4 Å². The molecular weight excluding hydrogens is 340 g/mol. The van der Waals surface area contributed by atoms with Crippen LogP contribution < -0.4 is 10.6 Å². The van der Waals surface area contributed by atoms with Crippen LogP contribution in [0, 0.1) is 0 Å². The number of rotatable bonds is 5. The highest BCUT2D eigenvalue weighted by Gasteiger charge is 2.26. The lowest BCUT2D eigenvalue weighted by atomic mass is 10.1. The van der Waals surface area contributed by atoms with Gasteiger partial charge in [-0.05, 0) is 45.7 Å². The third-order valence-corrected chi connectivity index (χ3v) is 5.44. The monoisotopic (exact) mass is 374 g/mol. The summed E-state index contributed by atoms with van der Waals surface area (Å²) in [6, 6.07) is 8.72. The van der Waals surface area contributed by atoms with Crippen molar-refractivity contribution >= 4 is 11.7 Å². The molecule has 2 N–H and O–H groups in total. The summed E-state index contributed by atoms with van der Waals surface area (Å²) in [5.74, 6) is 0. The average molecular weight is 375 g/mol. The average Bonchev–Trinajstić information content (AvgIpc) is 3.04. The molecule has 6 heteroatoms. The van der Waals surface area contributed by atoms with E-state index in [1.54, 1.807) is 0 Å². The van der Waals surface area contributed by atoms with E-state index in [9.17, 15) is 4.79 Å². The van der Waals surface area contributed by atoms with E-state index in [0.717, 1.165) is 50.4 Å². The molecule has 2 aliphatic rings. The molecule has 0 spiro atoms. The number of amides is 2. The summed E-state index contributed by atoms with van der Waals surface area (Å²) < 4.78 is 5.82. The van der Waals surface area contributed by atoms with Crippen molar-refractivity contribution in [2.75, 3.05) is 31.5 Å². The highest BCUT2D eigenvalue weighted by atomic mass is 16.5. The number of ether oxygens (including phenoxy) is 1. The van der Waals surface area contributed by atoms with Crippen molar-refractivity contribution in [3.63, 3.8) is 0 Å². The summed E-state index contributed by atoms with van der Waals surface area (Å²) >= 11 is 0. The first-order chi connectivity index (χ1) is 12.9. The largest absolute Gasteiger partial charge is 0.373 e. The number of hydrogen-bond donors (Lipinski definition) is 2. The maximum atomic E-state index is 12.5. The first kappa shape index (κ1) is 20.1. The number of morpholine rings is 1. The number of nitrogens with zero attached hydrogens (tertiary/aromatic N) is 2. The fraction of sp³-hybridized carbons (Fsp3) is 0.667. The Morgan fingerprint density at radius 1 is 1.19 bits per heavy atom. The van der Waals surface area contributed by atoms with Gasteiger partial charge in [0.15, 0.2) is 0 Å². The predicted molar refractivity (Wildman–Crippen MR) is 109 cm³/mol. The van der Waals surface area contributed by atoms with Crippen LogP contribution in [-0.4, -0.2) is 66.3 Å². The summed E-state index contributed by atoms with van der Waals surface area (Å²) in [6.07, 6.45) is 1.49. The van der Waals surface area contributed by atoms with E-state index < -0.39 is 0 Å². The van der Waals surface area contributed by atoms with Crippen LogP contribution in [0.15, 0.2) is 24.3 Å². The quantitative estimate of drug-likeness (QED) is 0.832. The smallest absolute Gasteiger partial charge is 0.319 e. The van der Waals surface area contributed by atoms with Gasteiger partial charge in [-0.1, -0.05) is 18.2 Å². The van der Waals surface area contributed by atoms with E-state index in [1.165, 1.54) is 0 Å². The van der Waals surface area contributed by atoms with Crippen LogP contribution in [-0.2, 0) is 11.3 Å². The van der Waals surface area contributed by atoms with Crippen LogP contribution in [0.25, 0.3) is 0 Å². The lowest BCUT2D eigenvalue weighted by molar-refractivity contribution is -0.0704. The third kappa shape index (κ3) is 5.67. The highest BCUT2D eigenvalue weighted by Crippen LogP contribution is 2.20. The van der Waals surface area contributed by atoms with Gasteiger partial charge in [-0.3, -0.25) is 9.80 Å². The van der Waals surface area contributed by atoms with Crippen molar-refractivity contribution in [3.8, 4) is 0 Å². The van der Waals surface area contributed by atoms with Crippen LogP contribution in [0.5, 0.6) is 0 Å². The van der Waals surface area contributed by atoms with Crippen molar-refractivity contribution in [2.45, 2.75) is 65.0 Å². The number of carbonyl (C=O) groups is 1. The molecule has 150 valence electrons. The molecule has 0 aromatic heterocycles. The molecule has 3 atom stereocenters. The summed E-state index contributed by atoms with van der Waals surface area (Å²) in [6.45, 7) is 13.3. The van der Waals surface area contributed by atoms with Crippen LogP contribution in [0.2, 0.25) is 0 Å². The molecule has 0 bridgehead atoms. The number of benzene rings is 1. The molecule has 2 heterocycles. The Kier molecular flexibility index (Phi) is 6.73. The third-order valence-electron chi connectivity index (χ3n) is 5.44. The molecular formula is C21H34N4O2. The molecule has 0 saturated carbocycles. The van der Waals surface area contributed by atoms with Crippen LogP contribution in [0.3, 0.4) is 0 Å². The van der Waals surface area contributed by atoms with Crippen molar-refractivity contribution in [1.82, 2.24) is 15.1 Å². The van der Waals surface area contributed by atoms with E-state index >= 15 is 0 Å². The van der Waals surface area contributed by atoms with Crippen molar-refractivity contribution in [3.05, 3.63) is 29.8 Å². The maximum absolute atomic E-state index is 12.5. The Morgan fingerprint density at radius 2 is 1.89 bits per heavy atom. The molecule has 2 aliphatic heterocycles. The lowest BCUT2D eigenvalue weighted by Crippen LogP contribution is -2.45. The molecule has 2 saturated heterocycles. The minimum atomic E-state index is -0.109. The van der Waals surface area contributed by atoms with Gasteiger partial charge in [-0.15, -0.1) is 0 Å². The molecule has 6 nitrogen and oxygen atoms in total. The number of hydrogen-bond acceptors (Lipinski definition) is 4. The minimum Gasteiger partial charge on any atom is -0.373 e. The number of anilines is 1. The molecule has 3 unspecified atom stereocenters. The highest BCUT2D eigenvalue weighted by molar-refractivity contribution is 5.90. The topological polar surface area (TPSA) is 56.8 Å². The van der Waals surface area contributed by atoms with Crippen molar-refractivity contribution in [1.29, 1.82) is 0 Å².